The molecule has 5 nitrogen and oxygen atoms in total. The van der Waals surface area contributed by atoms with Gasteiger partial charge >= 0.3 is 0 Å². The average molecular weight is 247 g/mol. The van der Waals surface area contributed by atoms with Crippen LogP contribution in [0.4, 0.5) is 0 Å². The van der Waals surface area contributed by atoms with Crippen LogP contribution in [-0.2, 0) is 6.54 Å². The summed E-state index contributed by atoms with van der Waals surface area (Å²) < 4.78 is 7.28. The molecule has 5 heteroatoms. The van der Waals surface area contributed by atoms with E-state index in [4.69, 9.17) is 15.6 Å². The predicted molar refractivity (Wildman–Crippen MR) is 68.3 cm³/mol. The molecule has 0 fully saturated rings. The van der Waals surface area contributed by atoms with Gasteiger partial charge in [0.25, 0.3) is 0 Å². The minimum absolute atomic E-state index is 0.0726. The summed E-state index contributed by atoms with van der Waals surface area (Å²) in [6.45, 7) is 0.589. The highest BCUT2D eigenvalue weighted by Crippen LogP contribution is 2.23. The zero-order valence-corrected chi connectivity index (χ0v) is 10.3. The highest BCUT2D eigenvalue weighted by molar-refractivity contribution is 5.38. The highest BCUT2D eigenvalue weighted by Gasteiger charge is 2.09. The lowest BCUT2D eigenvalue weighted by molar-refractivity contribution is 0.268. The Kier molecular flexibility index (Phi) is 3.96. The molecule has 1 aromatic heterocycles. The molecule has 96 valence electrons. The van der Waals surface area contributed by atoms with Crippen LogP contribution in [0.2, 0.25) is 0 Å². The molecule has 0 spiro atoms. The van der Waals surface area contributed by atoms with Gasteiger partial charge in [-0.3, -0.25) is 0 Å². The monoisotopic (exact) mass is 247 g/mol. The molecule has 1 atom stereocenters. The van der Waals surface area contributed by atoms with Crippen LogP contribution in [0, 0.1) is 0 Å². The Morgan fingerprint density at radius 3 is 2.94 bits per heavy atom. The Balaban J connectivity index is 2.30. The summed E-state index contributed by atoms with van der Waals surface area (Å²) in [5.74, 6) is 0.803. The number of nitrogens with zero attached hydrogens (tertiary/aromatic N) is 2. The Labute approximate surface area is 106 Å². The number of aromatic nitrogens is 2. The SMILES string of the molecule is COc1ccc([C@@H](N)CO)cc1Cn1ccnc1. The van der Waals surface area contributed by atoms with E-state index in [2.05, 4.69) is 4.98 Å². The maximum absolute atomic E-state index is 9.09. The van der Waals surface area contributed by atoms with Gasteiger partial charge in [0, 0.05) is 18.0 Å². The number of nitrogens with two attached hydrogens (primary N) is 1. The molecule has 0 radical (unpaired) electrons. The largest absolute Gasteiger partial charge is 0.496 e. The van der Waals surface area contributed by atoms with E-state index in [1.165, 1.54) is 0 Å². The number of benzene rings is 1. The summed E-state index contributed by atoms with van der Waals surface area (Å²) in [6, 6.07) is 5.34. The van der Waals surface area contributed by atoms with Crippen LogP contribution in [-0.4, -0.2) is 28.4 Å². The van der Waals surface area contributed by atoms with Crippen molar-refractivity contribution in [3.8, 4) is 5.75 Å². The molecule has 3 N–H and O–H groups in total. The third kappa shape index (κ3) is 2.69. The molecular weight excluding hydrogens is 230 g/mol. The Bertz CT molecular complexity index is 497. The van der Waals surface area contributed by atoms with Gasteiger partial charge in [0.2, 0.25) is 0 Å². The first-order valence-electron chi connectivity index (χ1n) is 5.73. The van der Waals surface area contributed by atoms with Gasteiger partial charge in [-0.1, -0.05) is 6.07 Å². The van der Waals surface area contributed by atoms with Gasteiger partial charge in [0.05, 0.1) is 32.6 Å². The number of aliphatic hydroxyl groups is 1. The molecule has 0 aliphatic heterocycles. The van der Waals surface area contributed by atoms with Crippen molar-refractivity contribution in [1.82, 2.24) is 9.55 Å². The molecule has 1 heterocycles. The smallest absolute Gasteiger partial charge is 0.123 e. The zero-order valence-electron chi connectivity index (χ0n) is 10.3. The van der Waals surface area contributed by atoms with Crippen molar-refractivity contribution in [3.63, 3.8) is 0 Å². The molecule has 0 saturated heterocycles. The van der Waals surface area contributed by atoms with Gasteiger partial charge in [-0.2, -0.15) is 0 Å². The lowest BCUT2D eigenvalue weighted by Crippen LogP contribution is -2.15. The number of hydrogen-bond acceptors (Lipinski definition) is 4. The summed E-state index contributed by atoms with van der Waals surface area (Å²) >= 11 is 0. The standard InChI is InChI=1S/C13H17N3O2/c1-18-13-3-2-10(12(14)8-17)6-11(13)7-16-5-4-15-9-16/h2-6,9,12,17H,7-8,14H2,1H3/t12-/m0/s1. The first-order valence-corrected chi connectivity index (χ1v) is 5.73. The molecule has 2 rings (SSSR count). The maximum Gasteiger partial charge on any atom is 0.123 e. The molecule has 18 heavy (non-hydrogen) atoms. The number of aliphatic hydroxyl groups excluding tert-OH is 1. The van der Waals surface area contributed by atoms with E-state index in [9.17, 15) is 0 Å². The van der Waals surface area contributed by atoms with Gasteiger partial charge in [-0.05, 0) is 17.7 Å². The number of ether oxygens (including phenoxy) is 1. The molecule has 0 bridgehead atoms. The van der Waals surface area contributed by atoms with E-state index < -0.39 is 0 Å². The van der Waals surface area contributed by atoms with Crippen LogP contribution < -0.4 is 10.5 Å². The van der Waals surface area contributed by atoms with Crippen LogP contribution in [0.1, 0.15) is 17.2 Å². The van der Waals surface area contributed by atoms with Gasteiger partial charge in [-0.15, -0.1) is 0 Å². The van der Waals surface area contributed by atoms with E-state index >= 15 is 0 Å². The average Bonchev–Trinajstić information content (AvgIpc) is 2.90. The lowest BCUT2D eigenvalue weighted by Gasteiger charge is -2.14. The molecule has 1 aromatic carbocycles. The summed E-state index contributed by atoms with van der Waals surface area (Å²) in [4.78, 5) is 4.00. The van der Waals surface area contributed by atoms with Crippen molar-refractivity contribution in [2.24, 2.45) is 5.73 Å². The fourth-order valence-electron chi connectivity index (χ4n) is 1.84. The molecule has 0 unspecified atom stereocenters. The summed E-state index contributed by atoms with van der Waals surface area (Å²) in [5, 5.41) is 9.09. The van der Waals surface area contributed by atoms with E-state index in [0.717, 1.165) is 16.9 Å². The second kappa shape index (κ2) is 5.66. The van der Waals surface area contributed by atoms with E-state index in [0.29, 0.717) is 6.54 Å². The van der Waals surface area contributed by atoms with Crippen LogP contribution in [0.5, 0.6) is 5.75 Å². The second-order valence-electron chi connectivity index (χ2n) is 4.10. The Morgan fingerprint density at radius 1 is 1.50 bits per heavy atom. The van der Waals surface area contributed by atoms with Crippen LogP contribution >= 0.6 is 0 Å². The van der Waals surface area contributed by atoms with Gasteiger partial charge in [0.15, 0.2) is 0 Å². The van der Waals surface area contributed by atoms with Crippen molar-refractivity contribution in [1.29, 1.82) is 0 Å². The maximum atomic E-state index is 9.09. The second-order valence-corrected chi connectivity index (χ2v) is 4.10. The Morgan fingerprint density at radius 2 is 2.33 bits per heavy atom. The lowest BCUT2D eigenvalue weighted by atomic mass is 10.0. The van der Waals surface area contributed by atoms with Crippen molar-refractivity contribution in [2.75, 3.05) is 13.7 Å². The molecule has 0 aliphatic rings. The first-order chi connectivity index (χ1) is 8.74. The Hall–Kier alpha value is -1.85. The minimum atomic E-state index is -0.363. The quantitative estimate of drug-likeness (QED) is 0.824. The third-order valence-corrected chi connectivity index (χ3v) is 2.84. The number of imidazole rings is 1. The predicted octanol–water partition coefficient (Wildman–Crippen LogP) is 0.932. The third-order valence-electron chi connectivity index (χ3n) is 2.84. The van der Waals surface area contributed by atoms with E-state index in [1.54, 1.807) is 19.6 Å². The molecule has 0 aliphatic carbocycles. The van der Waals surface area contributed by atoms with Crippen LogP contribution in [0.25, 0.3) is 0 Å². The fraction of sp³-hybridized carbons (Fsp3) is 0.308. The minimum Gasteiger partial charge on any atom is -0.496 e. The topological polar surface area (TPSA) is 73.3 Å². The van der Waals surface area contributed by atoms with Crippen molar-refractivity contribution < 1.29 is 9.84 Å². The van der Waals surface area contributed by atoms with Crippen molar-refractivity contribution >= 4 is 0 Å². The summed E-state index contributed by atoms with van der Waals surface area (Å²) in [7, 11) is 1.64. The first kappa shape index (κ1) is 12.6. The molecule has 0 saturated carbocycles. The van der Waals surface area contributed by atoms with Crippen LogP contribution in [0.15, 0.2) is 36.9 Å². The molecule has 2 aromatic rings. The van der Waals surface area contributed by atoms with Gasteiger partial charge in [0.1, 0.15) is 5.75 Å². The van der Waals surface area contributed by atoms with Gasteiger partial charge in [-0.25, -0.2) is 4.98 Å². The highest BCUT2D eigenvalue weighted by atomic mass is 16.5. The number of rotatable bonds is 5. The number of hydrogen-bond donors (Lipinski definition) is 2. The van der Waals surface area contributed by atoms with E-state index in [-0.39, 0.29) is 12.6 Å². The summed E-state index contributed by atoms with van der Waals surface area (Å²) in [6.07, 6.45) is 5.37. The zero-order chi connectivity index (χ0) is 13.0. The molecule has 0 amide bonds. The molecular formula is C13H17N3O2. The van der Waals surface area contributed by atoms with Crippen LogP contribution in [0.3, 0.4) is 0 Å². The summed E-state index contributed by atoms with van der Waals surface area (Å²) in [5.41, 5.74) is 7.73. The number of methoxy groups -OCH3 is 1. The normalized spacial score (nSPS) is 12.4. The van der Waals surface area contributed by atoms with Gasteiger partial charge < -0.3 is 20.1 Å². The van der Waals surface area contributed by atoms with Crippen molar-refractivity contribution in [2.45, 2.75) is 12.6 Å². The van der Waals surface area contributed by atoms with Crippen molar-refractivity contribution in [3.05, 3.63) is 48.0 Å². The van der Waals surface area contributed by atoms with E-state index in [1.807, 2.05) is 29.0 Å². The fourth-order valence-corrected chi connectivity index (χ4v) is 1.84.